The largest absolute Gasteiger partial charge is 0.329 e. The van der Waals surface area contributed by atoms with Crippen LogP contribution >= 0.6 is 34.8 Å². The van der Waals surface area contributed by atoms with Crippen molar-refractivity contribution in [2.45, 2.75) is 4.90 Å². The van der Waals surface area contributed by atoms with Gasteiger partial charge in [-0.15, -0.1) is 4.40 Å². The molecule has 0 bridgehead atoms. The number of nitrogens with zero attached hydrogens (tertiary/aromatic N) is 1. The zero-order valence-electron chi connectivity index (χ0n) is 6.96. The second-order valence-electron chi connectivity index (χ2n) is 2.75. The summed E-state index contributed by atoms with van der Waals surface area (Å²) in [5.41, 5.74) is 0.229. The number of anilines is 1. The summed E-state index contributed by atoms with van der Waals surface area (Å²) in [6.45, 7) is 0. The lowest BCUT2D eigenvalue weighted by atomic mass is 10.3. The average molecular weight is 286 g/mol. The Balaban J connectivity index is 2.80. The molecule has 0 atom stereocenters. The van der Waals surface area contributed by atoms with Crippen LogP contribution in [-0.2, 0) is 10.0 Å². The van der Waals surface area contributed by atoms with Crippen LogP contribution in [0.1, 0.15) is 0 Å². The van der Waals surface area contributed by atoms with E-state index < -0.39 is 10.0 Å². The molecule has 1 aliphatic rings. The highest BCUT2D eigenvalue weighted by Crippen LogP contribution is 2.36. The first-order valence-electron chi connectivity index (χ1n) is 3.67. The molecule has 1 N–H and O–H groups in total. The molecule has 15 heavy (non-hydrogen) atoms. The van der Waals surface area contributed by atoms with Crippen LogP contribution < -0.4 is 5.32 Å². The van der Waals surface area contributed by atoms with Gasteiger partial charge in [0.15, 0.2) is 0 Å². The highest BCUT2D eigenvalue weighted by Gasteiger charge is 2.27. The van der Waals surface area contributed by atoms with Crippen LogP contribution in [-0.4, -0.2) is 13.7 Å². The molecule has 4 nitrogen and oxygen atoms in total. The Bertz CT molecular complexity index is 568. The molecule has 8 heteroatoms. The van der Waals surface area contributed by atoms with Crippen molar-refractivity contribution >= 4 is 55.8 Å². The van der Waals surface area contributed by atoms with Crippen LogP contribution in [0.4, 0.5) is 5.69 Å². The quantitative estimate of drug-likeness (QED) is 0.746. The van der Waals surface area contributed by atoms with E-state index in [2.05, 4.69) is 9.71 Å². The second kappa shape index (κ2) is 3.52. The molecule has 1 heterocycles. The molecule has 0 saturated carbocycles. The molecule has 0 unspecified atom stereocenters. The van der Waals surface area contributed by atoms with Crippen LogP contribution in [0.15, 0.2) is 21.4 Å². The summed E-state index contributed by atoms with van der Waals surface area (Å²) in [6, 6.07) is 2.74. The fraction of sp³-hybridized carbons (Fsp3) is 0. The molecule has 1 aromatic carbocycles. The van der Waals surface area contributed by atoms with Gasteiger partial charge >= 0.3 is 0 Å². The Morgan fingerprint density at radius 1 is 1.20 bits per heavy atom. The monoisotopic (exact) mass is 284 g/mol. The minimum atomic E-state index is -3.84. The van der Waals surface area contributed by atoms with Gasteiger partial charge in [-0.1, -0.05) is 23.2 Å². The molecule has 80 valence electrons. The van der Waals surface area contributed by atoms with Gasteiger partial charge in [0.1, 0.15) is 4.90 Å². The van der Waals surface area contributed by atoms with Crippen molar-refractivity contribution in [1.29, 1.82) is 0 Å². The van der Waals surface area contributed by atoms with E-state index >= 15 is 0 Å². The van der Waals surface area contributed by atoms with Crippen LogP contribution in [0.2, 0.25) is 10.0 Å². The fourth-order valence-corrected chi connectivity index (χ4v) is 3.40. The summed E-state index contributed by atoms with van der Waals surface area (Å²) in [6.07, 6.45) is 0. The molecular formula is C7H3Cl3N2O2S. The van der Waals surface area contributed by atoms with Gasteiger partial charge < -0.3 is 5.32 Å². The van der Waals surface area contributed by atoms with E-state index in [9.17, 15) is 8.42 Å². The number of hydrogen-bond acceptors (Lipinski definition) is 3. The van der Waals surface area contributed by atoms with E-state index in [0.29, 0.717) is 5.02 Å². The zero-order chi connectivity index (χ0) is 11.2. The number of rotatable bonds is 0. The number of hydrogen-bond donors (Lipinski definition) is 1. The Labute approximate surface area is 101 Å². The lowest BCUT2D eigenvalue weighted by molar-refractivity contribution is 0.598. The van der Waals surface area contributed by atoms with Gasteiger partial charge in [-0.05, 0) is 23.7 Å². The van der Waals surface area contributed by atoms with E-state index in [1.54, 1.807) is 0 Å². The van der Waals surface area contributed by atoms with E-state index in [-0.39, 0.29) is 20.9 Å². The molecule has 1 aromatic rings. The van der Waals surface area contributed by atoms with Crippen molar-refractivity contribution in [1.82, 2.24) is 0 Å². The summed E-state index contributed by atoms with van der Waals surface area (Å²) < 4.78 is 26.4. The van der Waals surface area contributed by atoms with E-state index in [0.717, 1.165) is 0 Å². The number of fused-ring (bicyclic) bond motifs is 1. The van der Waals surface area contributed by atoms with Gasteiger partial charge in [0, 0.05) is 5.02 Å². The second-order valence-corrected chi connectivity index (χ2v) is 5.49. The Morgan fingerprint density at radius 3 is 2.53 bits per heavy atom. The average Bonchev–Trinajstić information content (AvgIpc) is 1.97. The third-order valence-corrected chi connectivity index (χ3v) is 3.99. The van der Waals surface area contributed by atoms with Gasteiger partial charge in [0.25, 0.3) is 10.0 Å². The molecule has 0 fully saturated rings. The maximum atomic E-state index is 11.6. The first-order valence-corrected chi connectivity index (χ1v) is 6.24. The third-order valence-electron chi connectivity index (χ3n) is 1.70. The highest BCUT2D eigenvalue weighted by atomic mass is 35.5. The summed E-state index contributed by atoms with van der Waals surface area (Å²) in [4.78, 5) is -0.113. The molecule has 0 saturated heterocycles. The summed E-state index contributed by atoms with van der Waals surface area (Å²) in [7, 11) is -3.84. The molecular weight excluding hydrogens is 283 g/mol. The lowest BCUT2D eigenvalue weighted by Crippen LogP contribution is -2.17. The van der Waals surface area contributed by atoms with Crippen molar-refractivity contribution in [3.05, 3.63) is 22.2 Å². The van der Waals surface area contributed by atoms with Gasteiger partial charge in [0.05, 0.1) is 10.7 Å². The molecule has 2 rings (SSSR count). The van der Waals surface area contributed by atoms with E-state index in [4.69, 9.17) is 34.8 Å². The van der Waals surface area contributed by atoms with Crippen molar-refractivity contribution in [2.24, 2.45) is 4.40 Å². The van der Waals surface area contributed by atoms with Gasteiger partial charge in [-0.25, -0.2) is 0 Å². The Morgan fingerprint density at radius 2 is 1.87 bits per heavy atom. The number of nitrogens with one attached hydrogen (secondary N) is 1. The van der Waals surface area contributed by atoms with Crippen molar-refractivity contribution in [3.63, 3.8) is 0 Å². The van der Waals surface area contributed by atoms with Crippen molar-refractivity contribution in [3.8, 4) is 0 Å². The maximum Gasteiger partial charge on any atom is 0.288 e. The standard InChI is InChI=1S/C7H3Cl3N2O2S/c8-3-1-4(9)6-5(2-3)11-7(10)12-15(6,13)14/h1-2H,(H,11,12). The minimum absolute atomic E-state index is 0.0120. The predicted molar refractivity (Wildman–Crippen MR) is 60.6 cm³/mol. The number of benzene rings is 1. The normalized spacial score (nSPS) is 17.7. The molecule has 0 amide bonds. The summed E-state index contributed by atoms with van der Waals surface area (Å²) in [5.74, 6) is 0. The molecule has 1 aliphatic heterocycles. The predicted octanol–water partition coefficient (Wildman–Crippen LogP) is 2.70. The van der Waals surface area contributed by atoms with Gasteiger partial charge in [-0.3, -0.25) is 0 Å². The van der Waals surface area contributed by atoms with Gasteiger partial charge in [0.2, 0.25) is 5.29 Å². The molecule has 0 radical (unpaired) electrons. The van der Waals surface area contributed by atoms with Gasteiger partial charge in [-0.2, -0.15) is 8.42 Å². The van der Waals surface area contributed by atoms with E-state index in [1.807, 2.05) is 0 Å². The van der Waals surface area contributed by atoms with Crippen molar-refractivity contribution < 1.29 is 8.42 Å². The molecule has 0 aliphatic carbocycles. The number of halogens is 3. The van der Waals surface area contributed by atoms with Crippen LogP contribution in [0, 0.1) is 0 Å². The van der Waals surface area contributed by atoms with Crippen LogP contribution in [0.25, 0.3) is 0 Å². The molecule has 0 aromatic heterocycles. The minimum Gasteiger partial charge on any atom is -0.329 e. The Kier molecular flexibility index (Phi) is 2.58. The number of sulfonamides is 1. The molecule has 0 spiro atoms. The van der Waals surface area contributed by atoms with Crippen LogP contribution in [0.5, 0.6) is 0 Å². The summed E-state index contributed by atoms with van der Waals surface area (Å²) in [5, 5.41) is 2.65. The van der Waals surface area contributed by atoms with Crippen LogP contribution in [0.3, 0.4) is 0 Å². The first-order chi connectivity index (χ1) is 6.90. The lowest BCUT2D eigenvalue weighted by Gasteiger charge is -2.15. The van der Waals surface area contributed by atoms with E-state index in [1.165, 1.54) is 12.1 Å². The van der Waals surface area contributed by atoms with Crippen molar-refractivity contribution in [2.75, 3.05) is 5.32 Å². The maximum absolute atomic E-state index is 11.6. The fourth-order valence-electron chi connectivity index (χ4n) is 1.20. The Hall–Kier alpha value is -0.490. The number of amidine groups is 1. The summed E-state index contributed by atoms with van der Waals surface area (Å²) >= 11 is 17.0. The SMILES string of the molecule is O=S1(=O)N=C(Cl)Nc2cc(Cl)cc(Cl)c21. The third kappa shape index (κ3) is 1.92. The zero-order valence-corrected chi connectivity index (χ0v) is 10.0. The topological polar surface area (TPSA) is 58.5 Å². The highest BCUT2D eigenvalue weighted by molar-refractivity contribution is 7.90. The smallest absolute Gasteiger partial charge is 0.288 e. The first kappa shape index (κ1) is 11.0.